The predicted molar refractivity (Wildman–Crippen MR) is 159 cm³/mol. The first-order chi connectivity index (χ1) is 20.7. The molecular weight excluding hydrogens is 571 g/mol. The van der Waals surface area contributed by atoms with Gasteiger partial charge in [-0.15, -0.1) is 0 Å². The second-order valence-corrected chi connectivity index (χ2v) is 10.5. The van der Waals surface area contributed by atoms with Gasteiger partial charge in [-0.1, -0.05) is 48.0 Å². The molecule has 0 spiro atoms. The molecule has 0 amide bonds. The molecule has 1 unspecified atom stereocenters. The van der Waals surface area contributed by atoms with Gasteiger partial charge >= 0.3 is 5.97 Å². The summed E-state index contributed by atoms with van der Waals surface area (Å²) < 4.78 is 36.9. The van der Waals surface area contributed by atoms with E-state index in [2.05, 4.69) is 6.07 Å². The lowest BCUT2D eigenvalue weighted by atomic mass is 9.83. The van der Waals surface area contributed by atoms with E-state index in [1.54, 1.807) is 67.6 Å². The van der Waals surface area contributed by atoms with Crippen LogP contribution < -0.4 is 19.9 Å². The van der Waals surface area contributed by atoms with Crippen molar-refractivity contribution >= 4 is 28.5 Å². The molecule has 0 aliphatic carbocycles. The number of fused-ring (bicyclic) bond motifs is 2. The van der Waals surface area contributed by atoms with Crippen LogP contribution in [0.1, 0.15) is 44.3 Å². The Kier molecular flexibility index (Phi) is 7.26. The van der Waals surface area contributed by atoms with E-state index in [9.17, 15) is 14.4 Å². The van der Waals surface area contributed by atoms with Crippen molar-refractivity contribution in [2.24, 2.45) is 5.73 Å². The minimum atomic E-state index is -0.679. The third kappa shape index (κ3) is 5.27. The van der Waals surface area contributed by atoms with Crippen molar-refractivity contribution in [3.05, 3.63) is 135 Å². The Morgan fingerprint density at radius 1 is 1.05 bits per heavy atom. The van der Waals surface area contributed by atoms with Gasteiger partial charge in [0.2, 0.25) is 11.6 Å². The number of nitriles is 1. The highest BCUT2D eigenvalue weighted by Crippen LogP contribution is 2.44. The van der Waals surface area contributed by atoms with Crippen LogP contribution in [-0.4, -0.2) is 5.97 Å². The molecule has 1 aliphatic heterocycles. The lowest BCUT2D eigenvalue weighted by Crippen LogP contribution is -2.21. The normalized spacial score (nSPS) is 14.2. The third-order valence-electron chi connectivity index (χ3n) is 7.37. The average Bonchev–Trinajstić information content (AvgIpc) is 3.31. The molecule has 9 heteroatoms. The quantitative estimate of drug-likeness (QED) is 0.157. The number of nitrogens with zero attached hydrogens (tertiary/aromatic N) is 1. The van der Waals surface area contributed by atoms with Crippen LogP contribution in [0.5, 0.6) is 17.2 Å². The van der Waals surface area contributed by atoms with Crippen LogP contribution in [0.4, 0.5) is 4.39 Å². The van der Waals surface area contributed by atoms with Gasteiger partial charge in [-0.3, -0.25) is 0 Å². The number of nitrogens with two attached hydrogens (primary N) is 1. The number of hydrogen-bond acceptors (Lipinski definition) is 7. The number of benzene rings is 4. The molecule has 5 aromatic rings. The molecular formula is C34H24ClFN2O5. The maximum absolute atomic E-state index is 14.0. The van der Waals surface area contributed by atoms with Crippen LogP contribution in [0.3, 0.4) is 0 Å². The summed E-state index contributed by atoms with van der Waals surface area (Å²) in [6.45, 7) is 3.69. The summed E-state index contributed by atoms with van der Waals surface area (Å²) in [6, 6.07) is 24.1. The Morgan fingerprint density at radius 3 is 2.53 bits per heavy atom. The highest BCUT2D eigenvalue weighted by molar-refractivity contribution is 6.32. The molecule has 214 valence electrons. The largest absolute Gasteiger partial charge is 0.489 e. The summed E-state index contributed by atoms with van der Waals surface area (Å²) in [5, 5.41) is 11.2. The van der Waals surface area contributed by atoms with Crippen LogP contribution in [0.15, 0.2) is 94.7 Å². The Hall–Kier alpha value is -5.26. The molecule has 1 aliphatic rings. The van der Waals surface area contributed by atoms with Crippen molar-refractivity contribution in [3.8, 4) is 23.3 Å². The van der Waals surface area contributed by atoms with Crippen molar-refractivity contribution in [1.82, 2.24) is 0 Å². The van der Waals surface area contributed by atoms with E-state index in [0.717, 1.165) is 16.5 Å². The highest BCUT2D eigenvalue weighted by Gasteiger charge is 2.31. The van der Waals surface area contributed by atoms with E-state index in [1.807, 2.05) is 19.1 Å². The monoisotopic (exact) mass is 594 g/mol. The fourth-order valence-corrected chi connectivity index (χ4v) is 5.23. The van der Waals surface area contributed by atoms with Crippen molar-refractivity contribution in [2.75, 3.05) is 0 Å². The maximum atomic E-state index is 14.0. The average molecular weight is 595 g/mol. The van der Waals surface area contributed by atoms with E-state index in [1.165, 1.54) is 6.07 Å². The molecule has 4 aromatic carbocycles. The number of carbonyl (C=O) groups excluding carboxylic acids is 1. The van der Waals surface area contributed by atoms with Crippen molar-refractivity contribution in [3.63, 3.8) is 0 Å². The third-order valence-corrected chi connectivity index (χ3v) is 7.78. The first kappa shape index (κ1) is 27.9. The van der Waals surface area contributed by atoms with Gasteiger partial charge in [-0.2, -0.15) is 5.26 Å². The summed E-state index contributed by atoms with van der Waals surface area (Å²) in [4.78, 5) is 13.1. The van der Waals surface area contributed by atoms with Gasteiger partial charge in [0, 0.05) is 33.2 Å². The molecule has 6 rings (SSSR count). The lowest BCUT2D eigenvalue weighted by molar-refractivity contribution is 0.0702. The zero-order chi connectivity index (χ0) is 30.2. The molecule has 0 radical (unpaired) electrons. The number of halogens is 2. The molecule has 1 atom stereocenters. The van der Waals surface area contributed by atoms with Gasteiger partial charge in [-0.05, 0) is 61.4 Å². The second-order valence-electron chi connectivity index (χ2n) is 10.1. The van der Waals surface area contributed by atoms with Gasteiger partial charge in [-0.25, -0.2) is 9.18 Å². The molecule has 1 aromatic heterocycles. The van der Waals surface area contributed by atoms with Gasteiger partial charge in [0.15, 0.2) is 0 Å². The van der Waals surface area contributed by atoms with E-state index in [-0.39, 0.29) is 35.4 Å². The van der Waals surface area contributed by atoms with Gasteiger partial charge in [0.05, 0.1) is 5.92 Å². The first-order valence-corrected chi connectivity index (χ1v) is 13.7. The molecule has 0 bridgehead atoms. The fourth-order valence-electron chi connectivity index (χ4n) is 5.06. The number of furan rings is 1. The summed E-state index contributed by atoms with van der Waals surface area (Å²) >= 11 is 6.26. The molecule has 7 nitrogen and oxygen atoms in total. The Labute approximate surface area is 251 Å². The van der Waals surface area contributed by atoms with Crippen LogP contribution in [-0.2, 0) is 6.61 Å². The number of esters is 1. The lowest BCUT2D eigenvalue weighted by Gasteiger charge is -2.26. The van der Waals surface area contributed by atoms with Crippen LogP contribution in [0.25, 0.3) is 11.0 Å². The van der Waals surface area contributed by atoms with Gasteiger partial charge in [0.25, 0.3) is 0 Å². The number of rotatable bonds is 6. The van der Waals surface area contributed by atoms with E-state index < -0.39 is 11.9 Å². The van der Waals surface area contributed by atoms with E-state index in [4.69, 9.17) is 36.0 Å². The SMILES string of the molecule is Cc1cc2oc(C(=O)Oc3ccc4c(c3)OC(N)=C(C#N)C4c3ccc(OCc4ccccc4F)cc3)c(C)c2cc1Cl. The minimum Gasteiger partial charge on any atom is -0.489 e. The molecule has 2 N–H and O–H groups in total. The second kappa shape index (κ2) is 11.2. The topological polar surface area (TPSA) is 108 Å². The molecule has 0 saturated carbocycles. The molecule has 43 heavy (non-hydrogen) atoms. The summed E-state index contributed by atoms with van der Waals surface area (Å²) in [5.41, 5.74) is 10.2. The Balaban J connectivity index is 1.25. The minimum absolute atomic E-state index is 0.0521. The number of ether oxygens (including phenoxy) is 3. The van der Waals surface area contributed by atoms with Gasteiger partial charge < -0.3 is 24.4 Å². The Bertz CT molecular complexity index is 1970. The molecule has 2 heterocycles. The smallest absolute Gasteiger partial charge is 0.379 e. The summed E-state index contributed by atoms with van der Waals surface area (Å²) in [5.74, 6) is -0.450. The van der Waals surface area contributed by atoms with Crippen LogP contribution in [0.2, 0.25) is 5.02 Å². The number of hydrogen-bond donors (Lipinski definition) is 1. The van der Waals surface area contributed by atoms with Crippen LogP contribution >= 0.6 is 11.6 Å². The summed E-state index contributed by atoms with van der Waals surface area (Å²) in [6.07, 6.45) is 0. The van der Waals surface area contributed by atoms with Crippen molar-refractivity contribution in [1.29, 1.82) is 5.26 Å². The van der Waals surface area contributed by atoms with E-state index >= 15 is 0 Å². The molecule has 0 fully saturated rings. The fraction of sp³-hybridized carbons (Fsp3) is 0.118. The summed E-state index contributed by atoms with van der Waals surface area (Å²) in [7, 11) is 0. The van der Waals surface area contributed by atoms with Crippen molar-refractivity contribution in [2.45, 2.75) is 26.4 Å². The number of aryl methyl sites for hydroxylation is 2. The zero-order valence-corrected chi connectivity index (χ0v) is 23.9. The van der Waals surface area contributed by atoms with E-state index in [0.29, 0.717) is 38.8 Å². The highest BCUT2D eigenvalue weighted by atomic mass is 35.5. The number of carbonyl (C=O) groups is 1. The standard InChI is InChI=1S/C34H24ClFN2O5/c1-18-13-29-25(15-27(18)35)19(2)32(42-29)34(39)41-23-11-12-24-30(14-23)43-33(38)26(16-37)31(24)20-7-9-22(10-8-20)40-17-21-5-3-4-6-28(21)36/h3-15,31H,17,38H2,1-2H3. The van der Waals surface area contributed by atoms with Crippen molar-refractivity contribution < 1.29 is 27.8 Å². The number of allylic oxidation sites excluding steroid dienone is 1. The predicted octanol–water partition coefficient (Wildman–Crippen LogP) is 7.86. The first-order valence-electron chi connectivity index (χ1n) is 13.3. The zero-order valence-electron chi connectivity index (χ0n) is 23.1. The van der Waals surface area contributed by atoms with Crippen LogP contribution in [0, 0.1) is 31.0 Å². The Morgan fingerprint density at radius 2 is 1.79 bits per heavy atom. The molecule has 0 saturated heterocycles. The van der Waals surface area contributed by atoms with Gasteiger partial charge in [0.1, 0.15) is 46.9 Å². The maximum Gasteiger partial charge on any atom is 0.379 e.